The molecular weight excluding hydrogens is 100 g/mol. The molecule has 0 unspecified atom stereocenters. The van der Waals surface area contributed by atoms with Crippen LogP contribution in [0.25, 0.3) is 0 Å². The molecule has 0 spiro atoms. The lowest BCUT2D eigenvalue weighted by molar-refractivity contribution is 0.496. The van der Waals surface area contributed by atoms with Crippen LogP contribution < -0.4 is 10.6 Å². The third-order valence-electron chi connectivity index (χ3n) is 0.957. The van der Waals surface area contributed by atoms with Crippen LogP contribution in [0.1, 0.15) is 6.42 Å². The molecule has 2 N–H and O–H groups in total. The standard InChI is InChI=1S/C4H10N2.C2H4/c1-2-5-4-6-3-1;1-2/h5-6H,1-4H2;1-2H2. The van der Waals surface area contributed by atoms with E-state index < -0.39 is 0 Å². The van der Waals surface area contributed by atoms with E-state index in [-0.39, 0.29) is 0 Å². The van der Waals surface area contributed by atoms with Gasteiger partial charge < -0.3 is 10.6 Å². The Morgan fingerprint density at radius 3 is 1.62 bits per heavy atom. The number of rotatable bonds is 0. The molecular formula is C6H14N2. The van der Waals surface area contributed by atoms with Gasteiger partial charge >= 0.3 is 0 Å². The Hall–Kier alpha value is -0.340. The van der Waals surface area contributed by atoms with Gasteiger partial charge in [0.05, 0.1) is 0 Å². The molecule has 0 atom stereocenters. The molecule has 2 heteroatoms. The molecule has 1 rings (SSSR count). The average molecular weight is 114 g/mol. The van der Waals surface area contributed by atoms with E-state index >= 15 is 0 Å². The van der Waals surface area contributed by atoms with Crippen LogP contribution in [0.2, 0.25) is 0 Å². The largest absolute Gasteiger partial charge is 0.304 e. The topological polar surface area (TPSA) is 24.1 Å². The maximum atomic E-state index is 3.17. The molecule has 1 aliphatic heterocycles. The minimum absolute atomic E-state index is 1.00. The van der Waals surface area contributed by atoms with Gasteiger partial charge in [0.2, 0.25) is 0 Å². The highest BCUT2D eigenvalue weighted by Gasteiger charge is 1.91. The Morgan fingerprint density at radius 1 is 1.00 bits per heavy atom. The fraction of sp³-hybridized carbons (Fsp3) is 0.667. The van der Waals surface area contributed by atoms with E-state index in [4.69, 9.17) is 0 Å². The van der Waals surface area contributed by atoms with Crippen molar-refractivity contribution in [2.45, 2.75) is 6.42 Å². The van der Waals surface area contributed by atoms with Gasteiger partial charge in [-0.2, -0.15) is 0 Å². The van der Waals surface area contributed by atoms with Crippen molar-refractivity contribution in [3.05, 3.63) is 13.2 Å². The monoisotopic (exact) mass is 114 g/mol. The second kappa shape index (κ2) is 6.66. The summed E-state index contributed by atoms with van der Waals surface area (Å²) in [5.41, 5.74) is 0. The van der Waals surface area contributed by atoms with E-state index in [0.717, 1.165) is 6.67 Å². The Labute approximate surface area is 51.0 Å². The highest BCUT2D eigenvalue weighted by molar-refractivity contribution is 4.54. The summed E-state index contributed by atoms with van der Waals surface area (Å²) >= 11 is 0. The molecule has 48 valence electrons. The molecule has 1 fully saturated rings. The third-order valence-corrected chi connectivity index (χ3v) is 0.957. The Balaban J connectivity index is 0.000000222. The fourth-order valence-electron chi connectivity index (χ4n) is 0.604. The lowest BCUT2D eigenvalue weighted by Gasteiger charge is -2.11. The summed E-state index contributed by atoms with van der Waals surface area (Å²) in [7, 11) is 0. The van der Waals surface area contributed by atoms with Crippen molar-refractivity contribution >= 4 is 0 Å². The van der Waals surface area contributed by atoms with Crippen LogP contribution in [0, 0.1) is 0 Å². The zero-order valence-corrected chi connectivity index (χ0v) is 5.24. The van der Waals surface area contributed by atoms with E-state index in [1.54, 1.807) is 0 Å². The van der Waals surface area contributed by atoms with Crippen molar-refractivity contribution in [2.75, 3.05) is 19.8 Å². The maximum Gasteiger partial charge on any atom is 0.0454 e. The van der Waals surface area contributed by atoms with Crippen molar-refractivity contribution in [2.24, 2.45) is 0 Å². The van der Waals surface area contributed by atoms with Crippen molar-refractivity contribution < 1.29 is 0 Å². The molecule has 0 radical (unpaired) electrons. The van der Waals surface area contributed by atoms with Crippen LogP contribution in [0.5, 0.6) is 0 Å². The van der Waals surface area contributed by atoms with Gasteiger partial charge in [0, 0.05) is 6.67 Å². The van der Waals surface area contributed by atoms with E-state index in [9.17, 15) is 0 Å². The average Bonchev–Trinajstić information content (AvgIpc) is 1.96. The van der Waals surface area contributed by atoms with Gasteiger partial charge in [-0.25, -0.2) is 0 Å². The van der Waals surface area contributed by atoms with Crippen LogP contribution in [0.4, 0.5) is 0 Å². The van der Waals surface area contributed by atoms with Gasteiger partial charge in [-0.1, -0.05) is 0 Å². The minimum atomic E-state index is 1.00. The third kappa shape index (κ3) is 3.84. The zero-order chi connectivity index (χ0) is 6.24. The van der Waals surface area contributed by atoms with Gasteiger partial charge in [-0.15, -0.1) is 13.2 Å². The summed E-state index contributed by atoms with van der Waals surface area (Å²) in [5, 5.41) is 6.35. The first-order valence-electron chi connectivity index (χ1n) is 2.91. The fourth-order valence-corrected chi connectivity index (χ4v) is 0.604. The van der Waals surface area contributed by atoms with E-state index in [1.807, 2.05) is 0 Å². The molecule has 1 heterocycles. The summed E-state index contributed by atoms with van der Waals surface area (Å²) in [4.78, 5) is 0. The maximum absolute atomic E-state index is 3.17. The van der Waals surface area contributed by atoms with Crippen LogP contribution >= 0.6 is 0 Å². The van der Waals surface area contributed by atoms with E-state index in [1.165, 1.54) is 19.5 Å². The van der Waals surface area contributed by atoms with Gasteiger partial charge in [0.1, 0.15) is 0 Å². The normalized spacial score (nSPS) is 18.5. The summed E-state index contributed by atoms with van der Waals surface area (Å²) in [6.45, 7) is 9.38. The van der Waals surface area contributed by atoms with Crippen LogP contribution in [0.15, 0.2) is 13.2 Å². The molecule has 1 aliphatic rings. The summed E-state index contributed by atoms with van der Waals surface area (Å²) in [6.07, 6.45) is 1.28. The molecule has 8 heavy (non-hydrogen) atoms. The first-order valence-corrected chi connectivity index (χ1v) is 2.91. The Bertz CT molecular complexity index is 30.3. The number of nitrogens with one attached hydrogen (secondary N) is 2. The Morgan fingerprint density at radius 2 is 1.50 bits per heavy atom. The van der Waals surface area contributed by atoms with Gasteiger partial charge in [-0.3, -0.25) is 0 Å². The van der Waals surface area contributed by atoms with Crippen LogP contribution in [0.3, 0.4) is 0 Å². The second-order valence-electron chi connectivity index (χ2n) is 1.53. The van der Waals surface area contributed by atoms with Crippen molar-refractivity contribution in [3.63, 3.8) is 0 Å². The minimum Gasteiger partial charge on any atom is -0.304 e. The number of hydrogen-bond donors (Lipinski definition) is 2. The predicted octanol–water partition coefficient (Wildman–Crippen LogP) is 0.329. The van der Waals surface area contributed by atoms with Crippen LogP contribution in [-0.4, -0.2) is 19.8 Å². The van der Waals surface area contributed by atoms with Gasteiger partial charge in [-0.05, 0) is 19.5 Å². The number of hydrogen-bond acceptors (Lipinski definition) is 2. The summed E-state index contributed by atoms with van der Waals surface area (Å²) < 4.78 is 0. The SMILES string of the molecule is C1CNCNC1.C=C. The highest BCUT2D eigenvalue weighted by atomic mass is 15.1. The predicted molar refractivity (Wildman–Crippen MR) is 36.7 cm³/mol. The zero-order valence-electron chi connectivity index (χ0n) is 5.24. The molecule has 0 saturated carbocycles. The molecule has 0 aromatic heterocycles. The smallest absolute Gasteiger partial charge is 0.0454 e. The van der Waals surface area contributed by atoms with E-state index in [0.29, 0.717) is 0 Å². The lowest BCUT2D eigenvalue weighted by Crippen LogP contribution is -2.37. The first kappa shape index (κ1) is 7.66. The quantitative estimate of drug-likeness (QED) is 0.443. The van der Waals surface area contributed by atoms with Gasteiger partial charge in [0.15, 0.2) is 0 Å². The molecule has 0 amide bonds. The Kier molecular flexibility index (Phi) is 6.38. The first-order chi connectivity index (χ1) is 4.00. The summed E-state index contributed by atoms with van der Waals surface area (Å²) in [6, 6.07) is 0. The summed E-state index contributed by atoms with van der Waals surface area (Å²) in [5.74, 6) is 0. The van der Waals surface area contributed by atoms with Crippen molar-refractivity contribution in [3.8, 4) is 0 Å². The molecule has 2 nitrogen and oxygen atoms in total. The highest BCUT2D eigenvalue weighted by Crippen LogP contribution is 1.75. The van der Waals surface area contributed by atoms with Crippen molar-refractivity contribution in [1.82, 2.24) is 10.6 Å². The second-order valence-corrected chi connectivity index (χ2v) is 1.53. The molecule has 0 aromatic rings. The molecule has 1 saturated heterocycles. The molecule has 0 bridgehead atoms. The molecule has 0 aliphatic carbocycles. The molecule has 0 aromatic carbocycles. The van der Waals surface area contributed by atoms with Crippen molar-refractivity contribution in [1.29, 1.82) is 0 Å². The van der Waals surface area contributed by atoms with Gasteiger partial charge in [0.25, 0.3) is 0 Å². The lowest BCUT2D eigenvalue weighted by atomic mass is 10.4. The van der Waals surface area contributed by atoms with E-state index in [2.05, 4.69) is 23.8 Å². The van der Waals surface area contributed by atoms with Crippen LogP contribution in [-0.2, 0) is 0 Å².